The Morgan fingerprint density at radius 3 is 0.630 bits per heavy atom. The molecule has 0 aliphatic carbocycles. The Morgan fingerprint density at radius 1 is 0.280 bits per heavy atom. The summed E-state index contributed by atoms with van der Waals surface area (Å²) in [6.07, 6.45) is 18.1. The van der Waals surface area contributed by atoms with Crippen LogP contribution in [0.4, 0.5) is 22.0 Å². The number of nitrogens with zero attached hydrogens (tertiary/aromatic N) is 10. The zero-order valence-electron chi connectivity index (χ0n) is 54.3. The zero-order valence-corrected chi connectivity index (χ0v) is 54.3. The first-order chi connectivity index (χ1) is 48.9. The van der Waals surface area contributed by atoms with Crippen LogP contribution in [0.5, 0.6) is 0 Å². The van der Waals surface area contributed by atoms with Crippen LogP contribution in [0.3, 0.4) is 0 Å². The normalized spacial score (nSPS) is 28.2. The Bertz CT molecular complexity index is 3940. The molecule has 5 fully saturated rings. The molecule has 100 heavy (non-hydrogen) atoms. The third-order valence-electron chi connectivity index (χ3n) is 21.9. The predicted octanol–water partition coefficient (Wildman–Crippen LogP) is 9.95. The van der Waals surface area contributed by atoms with Gasteiger partial charge in [0, 0.05) is 118 Å². The number of hydrogen-bond donors (Lipinski definition) is 5. The average molecular weight is 1370 g/mol. The van der Waals surface area contributed by atoms with Crippen LogP contribution in [-0.2, 0) is 23.7 Å². The van der Waals surface area contributed by atoms with E-state index in [0.29, 0.717) is 93.9 Å². The first kappa shape index (κ1) is 66.0. The molecule has 5 aromatic heterocycles. The van der Waals surface area contributed by atoms with Gasteiger partial charge in [-0.15, -0.1) is 0 Å². The maximum atomic E-state index is 14.3. The van der Waals surface area contributed by atoms with Crippen molar-refractivity contribution < 1.29 is 71.2 Å². The Labute approximate surface area is 571 Å². The van der Waals surface area contributed by atoms with Gasteiger partial charge < -0.3 is 72.1 Å². The predicted molar refractivity (Wildman–Crippen MR) is 353 cm³/mol. The minimum Gasteiger partial charge on any atom is -0.390 e. The van der Waals surface area contributed by atoms with E-state index < -0.39 is 30.5 Å². The summed E-state index contributed by atoms with van der Waals surface area (Å²) < 4.78 is 108. The smallest absolute Gasteiger partial charge is 0.129 e. The molecule has 0 spiro atoms. The summed E-state index contributed by atoms with van der Waals surface area (Å²) in [7, 11) is 0. The highest BCUT2D eigenvalue weighted by Gasteiger charge is 2.46. The SMILES string of the molecule is OC1COCCC1C1c2c(F)cccc2-c2cncn21.O[C@@H]1COCC[C@H]1[C@@H]1c2c(F)cccc2-c2cncn21.O[C@@H]1COCC[C@H]1[C@H]1c2c(F)cccc2-c2cncn21.O[C@H]1COCC[C@@H]1[C@@H]1c2c(F)cccc2-c2cncn21.O[C@H]1COCC[C@@H]1[C@H]1c2c(F)cccc2-c2cncn21. The topological polar surface area (TPSA) is 236 Å². The first-order valence-corrected chi connectivity index (χ1v) is 34.2. The monoisotopic (exact) mass is 1370 g/mol. The molecular weight excluding hydrogens is 1300 g/mol. The van der Waals surface area contributed by atoms with Gasteiger partial charge in [-0.2, -0.15) is 0 Å². The van der Waals surface area contributed by atoms with E-state index in [1.54, 1.807) is 93.0 Å². The summed E-state index contributed by atoms with van der Waals surface area (Å²) in [6, 6.07) is 24.6. The van der Waals surface area contributed by atoms with Crippen LogP contribution in [-0.4, -0.2) is 170 Å². The molecule has 20 rings (SSSR count). The van der Waals surface area contributed by atoms with Crippen LogP contribution < -0.4 is 0 Å². The van der Waals surface area contributed by atoms with Crippen LogP contribution in [0.25, 0.3) is 56.3 Å². The molecule has 10 aromatic rings. The average Bonchev–Trinajstić information content (AvgIpc) is 1.62. The number of benzene rings is 5. The van der Waals surface area contributed by atoms with E-state index >= 15 is 0 Å². The second kappa shape index (κ2) is 27.7. The molecule has 10 aliphatic heterocycles. The summed E-state index contributed by atoms with van der Waals surface area (Å²) in [5.74, 6) is -1.30. The molecule has 15 atom stereocenters. The summed E-state index contributed by atoms with van der Waals surface area (Å²) in [4.78, 5) is 20.9. The molecule has 5 saturated heterocycles. The highest BCUT2D eigenvalue weighted by Crippen LogP contribution is 2.52. The quantitative estimate of drug-likeness (QED) is 0.101. The molecule has 10 aliphatic rings. The Hall–Kier alpha value is -8.60. The molecule has 0 radical (unpaired) electrons. The number of fused-ring (bicyclic) bond motifs is 15. The highest BCUT2D eigenvalue weighted by atomic mass is 19.1. The Morgan fingerprint density at radius 2 is 0.460 bits per heavy atom. The summed E-state index contributed by atoms with van der Waals surface area (Å²) in [5, 5.41) is 51.1. The fourth-order valence-electron chi connectivity index (χ4n) is 17.3. The van der Waals surface area contributed by atoms with Gasteiger partial charge in [-0.3, -0.25) is 0 Å². The molecule has 3 unspecified atom stereocenters. The lowest BCUT2D eigenvalue weighted by molar-refractivity contribution is -0.0543. The molecule has 15 heterocycles. The number of imidazole rings is 5. The van der Waals surface area contributed by atoms with Crippen molar-refractivity contribution >= 4 is 0 Å². The third kappa shape index (κ3) is 11.5. The van der Waals surface area contributed by atoms with Gasteiger partial charge in [0.15, 0.2) is 0 Å². The van der Waals surface area contributed by atoms with Crippen LogP contribution in [0.2, 0.25) is 0 Å². The van der Waals surface area contributed by atoms with Gasteiger partial charge in [0.2, 0.25) is 0 Å². The highest BCUT2D eigenvalue weighted by molar-refractivity contribution is 5.73. The van der Waals surface area contributed by atoms with E-state index in [4.69, 9.17) is 23.7 Å². The second-order valence-electron chi connectivity index (χ2n) is 27.1. The van der Waals surface area contributed by atoms with E-state index in [1.807, 2.05) is 53.2 Å². The number of aliphatic hydroxyl groups excluding tert-OH is 5. The van der Waals surface area contributed by atoms with Gasteiger partial charge in [-0.05, 0) is 62.4 Å². The summed E-state index contributed by atoms with van der Waals surface area (Å²) in [5.41, 5.74) is 12.4. The van der Waals surface area contributed by atoms with Gasteiger partial charge in [0.1, 0.15) is 29.1 Å². The van der Waals surface area contributed by atoms with E-state index in [2.05, 4.69) is 24.9 Å². The number of hydrogen-bond acceptors (Lipinski definition) is 15. The van der Waals surface area contributed by atoms with Gasteiger partial charge >= 0.3 is 0 Å². The molecule has 5 aromatic carbocycles. The van der Waals surface area contributed by atoms with Crippen molar-refractivity contribution in [2.45, 2.75) is 92.8 Å². The van der Waals surface area contributed by atoms with Crippen LogP contribution in [0.1, 0.15) is 90.1 Å². The lowest BCUT2D eigenvalue weighted by atomic mass is 9.85. The fraction of sp³-hybridized carbons (Fsp3) is 0.400. The number of rotatable bonds is 5. The maximum absolute atomic E-state index is 14.3. The molecule has 520 valence electrons. The minimum absolute atomic E-state index is 0.0464. The molecular formula is C75H75F5N10O10. The molecule has 25 heteroatoms. The van der Waals surface area contributed by atoms with Crippen molar-refractivity contribution in [3.05, 3.63) is 211 Å². The summed E-state index contributed by atoms with van der Waals surface area (Å²) in [6.45, 7) is 4.59. The van der Waals surface area contributed by atoms with Crippen LogP contribution in [0, 0.1) is 58.7 Å². The van der Waals surface area contributed by atoms with Crippen molar-refractivity contribution in [2.24, 2.45) is 29.6 Å². The molecule has 0 saturated carbocycles. The lowest BCUT2D eigenvalue weighted by Gasteiger charge is -2.33. The molecule has 0 amide bonds. The molecule has 5 N–H and O–H groups in total. The summed E-state index contributed by atoms with van der Waals surface area (Å²) >= 11 is 0. The maximum Gasteiger partial charge on any atom is 0.129 e. The van der Waals surface area contributed by atoms with Gasteiger partial charge in [-0.25, -0.2) is 46.9 Å². The van der Waals surface area contributed by atoms with Crippen molar-refractivity contribution in [2.75, 3.05) is 66.1 Å². The minimum atomic E-state index is -0.574. The van der Waals surface area contributed by atoms with Crippen molar-refractivity contribution in [3.63, 3.8) is 0 Å². The molecule has 20 nitrogen and oxygen atoms in total. The number of aromatic nitrogens is 10. The zero-order chi connectivity index (χ0) is 68.4. The Kier molecular flexibility index (Phi) is 18.3. The van der Waals surface area contributed by atoms with Gasteiger partial charge in [0.25, 0.3) is 0 Å². The number of ether oxygens (including phenoxy) is 5. The second-order valence-corrected chi connectivity index (χ2v) is 27.1. The lowest BCUT2D eigenvalue weighted by Crippen LogP contribution is -2.37. The van der Waals surface area contributed by atoms with E-state index in [-0.39, 0.29) is 88.9 Å². The van der Waals surface area contributed by atoms with Crippen molar-refractivity contribution in [1.29, 1.82) is 0 Å². The van der Waals surface area contributed by atoms with E-state index in [1.165, 1.54) is 30.3 Å². The van der Waals surface area contributed by atoms with Crippen LogP contribution in [0.15, 0.2) is 154 Å². The first-order valence-electron chi connectivity index (χ1n) is 34.2. The van der Waals surface area contributed by atoms with Gasteiger partial charge in [0.05, 0.1) is 185 Å². The molecule has 0 bridgehead atoms. The van der Waals surface area contributed by atoms with Crippen molar-refractivity contribution in [1.82, 2.24) is 47.8 Å². The fourth-order valence-corrected chi connectivity index (χ4v) is 17.3. The van der Waals surface area contributed by atoms with Crippen LogP contribution >= 0.6 is 0 Å². The van der Waals surface area contributed by atoms with Crippen molar-refractivity contribution in [3.8, 4) is 56.3 Å². The van der Waals surface area contributed by atoms with E-state index in [9.17, 15) is 47.5 Å². The number of halogens is 5. The largest absolute Gasteiger partial charge is 0.390 e. The van der Waals surface area contributed by atoms with Gasteiger partial charge in [-0.1, -0.05) is 60.7 Å². The third-order valence-corrected chi connectivity index (χ3v) is 21.9. The number of aliphatic hydroxyl groups is 5. The van der Waals surface area contributed by atoms with E-state index in [0.717, 1.165) is 88.4 Å². The Balaban J connectivity index is 0.0000000972. The standard InChI is InChI=1S/5C15H15FN2O2/c5*16-11-3-1-2-9-12-6-17-8-18(12)15(14(9)11)10-4-5-20-7-13(10)19/h5*1-3,6,8,10,13,15,19H,4-5,7H2/t2*10-,13-,15+;2*10-,13-,15-;/m1010./s1.